The zero-order chi connectivity index (χ0) is 14.5. The highest BCUT2D eigenvalue weighted by Gasteiger charge is 2.28. The SMILES string of the molecule is CN(Cc1cccc(C#N)c1)CC(C)(C)C(=O)NN. The molecule has 19 heavy (non-hydrogen) atoms. The second kappa shape index (κ2) is 6.32. The highest BCUT2D eigenvalue weighted by molar-refractivity contribution is 5.81. The number of amides is 1. The lowest BCUT2D eigenvalue weighted by Crippen LogP contribution is -2.46. The van der Waals surface area contributed by atoms with Gasteiger partial charge in [-0.1, -0.05) is 12.1 Å². The van der Waals surface area contributed by atoms with E-state index in [1.807, 2.05) is 44.0 Å². The van der Waals surface area contributed by atoms with Gasteiger partial charge in [0.15, 0.2) is 0 Å². The largest absolute Gasteiger partial charge is 0.301 e. The van der Waals surface area contributed by atoms with Gasteiger partial charge in [-0.15, -0.1) is 0 Å². The molecular formula is C14H20N4O. The van der Waals surface area contributed by atoms with Gasteiger partial charge in [0.2, 0.25) is 5.91 Å². The van der Waals surface area contributed by atoms with Crippen LogP contribution in [-0.4, -0.2) is 24.4 Å². The number of hydrogen-bond donors (Lipinski definition) is 2. The fourth-order valence-corrected chi connectivity index (χ4v) is 2.05. The van der Waals surface area contributed by atoms with Crippen LogP contribution in [0.25, 0.3) is 0 Å². The van der Waals surface area contributed by atoms with Gasteiger partial charge in [-0.25, -0.2) is 5.84 Å². The first-order valence-electron chi connectivity index (χ1n) is 6.07. The van der Waals surface area contributed by atoms with E-state index < -0.39 is 5.41 Å². The van der Waals surface area contributed by atoms with Crippen LogP contribution in [0.3, 0.4) is 0 Å². The minimum Gasteiger partial charge on any atom is -0.301 e. The molecule has 0 aliphatic rings. The Bertz CT molecular complexity index is 490. The highest BCUT2D eigenvalue weighted by atomic mass is 16.2. The molecule has 0 aromatic heterocycles. The summed E-state index contributed by atoms with van der Waals surface area (Å²) in [5.74, 6) is 4.98. The molecule has 0 fully saturated rings. The number of carbonyl (C=O) groups is 1. The van der Waals surface area contributed by atoms with Crippen molar-refractivity contribution in [1.82, 2.24) is 10.3 Å². The Morgan fingerprint density at radius 1 is 1.53 bits per heavy atom. The third kappa shape index (κ3) is 4.36. The first-order valence-corrected chi connectivity index (χ1v) is 6.07. The standard InChI is InChI=1S/C14H20N4O/c1-14(2,13(19)17-16)10-18(3)9-12-6-4-5-11(7-12)8-15/h4-7H,9-10,16H2,1-3H3,(H,17,19). The van der Waals surface area contributed by atoms with E-state index in [4.69, 9.17) is 11.1 Å². The van der Waals surface area contributed by atoms with Crippen LogP contribution in [0.1, 0.15) is 25.0 Å². The average molecular weight is 260 g/mol. The first-order chi connectivity index (χ1) is 8.89. The number of benzene rings is 1. The molecule has 5 heteroatoms. The van der Waals surface area contributed by atoms with Crippen LogP contribution in [0, 0.1) is 16.7 Å². The summed E-state index contributed by atoms with van der Waals surface area (Å²) in [6, 6.07) is 9.57. The number of hydrogen-bond acceptors (Lipinski definition) is 4. The van der Waals surface area contributed by atoms with Crippen molar-refractivity contribution in [2.24, 2.45) is 11.3 Å². The van der Waals surface area contributed by atoms with E-state index in [1.165, 1.54) is 0 Å². The highest BCUT2D eigenvalue weighted by Crippen LogP contribution is 2.17. The lowest BCUT2D eigenvalue weighted by atomic mass is 9.92. The summed E-state index contributed by atoms with van der Waals surface area (Å²) in [6.07, 6.45) is 0. The molecule has 1 amide bonds. The van der Waals surface area contributed by atoms with Crippen LogP contribution < -0.4 is 11.3 Å². The first kappa shape index (κ1) is 15.2. The third-order valence-electron chi connectivity index (χ3n) is 2.92. The van der Waals surface area contributed by atoms with Crippen LogP contribution >= 0.6 is 0 Å². The van der Waals surface area contributed by atoms with Gasteiger partial charge in [0.05, 0.1) is 17.0 Å². The lowest BCUT2D eigenvalue weighted by molar-refractivity contribution is -0.130. The monoisotopic (exact) mass is 260 g/mol. The van der Waals surface area contributed by atoms with E-state index in [0.29, 0.717) is 18.7 Å². The predicted molar refractivity (Wildman–Crippen MR) is 73.6 cm³/mol. The van der Waals surface area contributed by atoms with E-state index in [1.54, 1.807) is 6.07 Å². The molecule has 0 aliphatic heterocycles. The van der Waals surface area contributed by atoms with Crippen LogP contribution in [0.2, 0.25) is 0 Å². The zero-order valence-corrected chi connectivity index (χ0v) is 11.6. The van der Waals surface area contributed by atoms with Crippen LogP contribution in [0.4, 0.5) is 0 Å². The molecule has 5 nitrogen and oxygen atoms in total. The number of nitrogens with two attached hydrogens (primary N) is 1. The fraction of sp³-hybridized carbons (Fsp3) is 0.429. The Hall–Kier alpha value is -1.90. The maximum absolute atomic E-state index is 11.6. The quantitative estimate of drug-likeness (QED) is 0.470. The predicted octanol–water partition coefficient (Wildman–Crippen LogP) is 1.01. The molecule has 1 aromatic carbocycles. The molecule has 0 aliphatic carbocycles. The fourth-order valence-electron chi connectivity index (χ4n) is 2.05. The van der Waals surface area contributed by atoms with E-state index in [2.05, 4.69) is 11.5 Å². The Kier molecular flexibility index (Phi) is 5.04. The number of hydrazine groups is 1. The number of carbonyl (C=O) groups excluding carboxylic acids is 1. The molecule has 0 spiro atoms. The summed E-state index contributed by atoms with van der Waals surface area (Å²) < 4.78 is 0. The maximum Gasteiger partial charge on any atom is 0.240 e. The van der Waals surface area contributed by atoms with Crippen molar-refractivity contribution >= 4 is 5.91 Å². The molecular weight excluding hydrogens is 240 g/mol. The van der Waals surface area contributed by atoms with Crippen molar-refractivity contribution in [3.63, 3.8) is 0 Å². The number of nitrogens with one attached hydrogen (secondary N) is 1. The van der Waals surface area contributed by atoms with Gasteiger partial charge in [-0.3, -0.25) is 10.2 Å². The van der Waals surface area contributed by atoms with Crippen molar-refractivity contribution in [3.8, 4) is 6.07 Å². The van der Waals surface area contributed by atoms with E-state index in [0.717, 1.165) is 5.56 Å². The molecule has 3 N–H and O–H groups in total. The number of nitrogens with zero attached hydrogens (tertiary/aromatic N) is 2. The Balaban J connectivity index is 2.67. The van der Waals surface area contributed by atoms with Gasteiger partial charge >= 0.3 is 0 Å². The second-order valence-corrected chi connectivity index (χ2v) is 5.34. The van der Waals surface area contributed by atoms with Crippen molar-refractivity contribution < 1.29 is 4.79 Å². The average Bonchev–Trinajstić information content (AvgIpc) is 2.37. The summed E-state index contributed by atoms with van der Waals surface area (Å²) in [5.41, 5.74) is 3.32. The van der Waals surface area contributed by atoms with Crippen molar-refractivity contribution in [1.29, 1.82) is 5.26 Å². The normalized spacial score (nSPS) is 11.2. The summed E-state index contributed by atoms with van der Waals surface area (Å²) >= 11 is 0. The van der Waals surface area contributed by atoms with Crippen molar-refractivity contribution in [3.05, 3.63) is 35.4 Å². The summed E-state index contributed by atoms with van der Waals surface area (Å²) in [4.78, 5) is 13.6. The van der Waals surface area contributed by atoms with E-state index in [9.17, 15) is 4.79 Å². The topological polar surface area (TPSA) is 82.2 Å². The molecule has 0 radical (unpaired) electrons. The third-order valence-corrected chi connectivity index (χ3v) is 2.92. The molecule has 0 bridgehead atoms. The molecule has 0 unspecified atom stereocenters. The Morgan fingerprint density at radius 3 is 2.79 bits per heavy atom. The molecule has 1 aromatic rings. The molecule has 0 heterocycles. The van der Waals surface area contributed by atoms with E-state index >= 15 is 0 Å². The van der Waals surface area contributed by atoms with Crippen LogP contribution in [0.5, 0.6) is 0 Å². The number of nitriles is 1. The minimum atomic E-state index is -0.559. The van der Waals surface area contributed by atoms with Crippen molar-refractivity contribution in [2.75, 3.05) is 13.6 Å². The van der Waals surface area contributed by atoms with Gasteiger partial charge in [-0.2, -0.15) is 5.26 Å². The van der Waals surface area contributed by atoms with Crippen LogP contribution in [0.15, 0.2) is 24.3 Å². The maximum atomic E-state index is 11.6. The summed E-state index contributed by atoms with van der Waals surface area (Å²) in [7, 11) is 1.94. The molecule has 102 valence electrons. The smallest absolute Gasteiger partial charge is 0.240 e. The Morgan fingerprint density at radius 2 is 2.21 bits per heavy atom. The molecule has 0 saturated carbocycles. The number of rotatable bonds is 5. The van der Waals surface area contributed by atoms with Crippen molar-refractivity contribution in [2.45, 2.75) is 20.4 Å². The van der Waals surface area contributed by atoms with Gasteiger partial charge in [0.1, 0.15) is 0 Å². The minimum absolute atomic E-state index is 0.190. The van der Waals surface area contributed by atoms with Gasteiger partial charge in [0, 0.05) is 13.1 Å². The molecule has 0 atom stereocenters. The summed E-state index contributed by atoms with van der Waals surface area (Å²) in [6.45, 7) is 4.94. The second-order valence-electron chi connectivity index (χ2n) is 5.34. The van der Waals surface area contributed by atoms with Gasteiger partial charge in [-0.05, 0) is 38.6 Å². The van der Waals surface area contributed by atoms with Gasteiger partial charge < -0.3 is 4.90 Å². The Labute approximate surface area is 114 Å². The molecule has 1 rings (SSSR count). The summed E-state index contributed by atoms with van der Waals surface area (Å²) in [5, 5.41) is 8.86. The zero-order valence-electron chi connectivity index (χ0n) is 11.6. The van der Waals surface area contributed by atoms with Crippen LogP contribution in [-0.2, 0) is 11.3 Å². The lowest BCUT2D eigenvalue weighted by Gasteiger charge is -2.28. The molecule has 0 saturated heterocycles. The van der Waals surface area contributed by atoms with Gasteiger partial charge in [0.25, 0.3) is 0 Å². The van der Waals surface area contributed by atoms with E-state index in [-0.39, 0.29) is 5.91 Å².